The van der Waals surface area contributed by atoms with Crippen LogP contribution in [-0.2, 0) is 0 Å². The number of piperidine rings is 1. The summed E-state index contributed by atoms with van der Waals surface area (Å²) in [6.45, 7) is 2.12. The van der Waals surface area contributed by atoms with Crippen molar-refractivity contribution in [3.05, 3.63) is 28.8 Å². The van der Waals surface area contributed by atoms with Crippen LogP contribution in [0.2, 0.25) is 5.02 Å². The molecule has 0 atom stereocenters. The van der Waals surface area contributed by atoms with Crippen molar-refractivity contribution in [1.29, 1.82) is 0 Å². The molecule has 1 heterocycles. The zero-order valence-corrected chi connectivity index (χ0v) is 13.0. The molecule has 2 rings (SSSR count). The summed E-state index contributed by atoms with van der Waals surface area (Å²) in [5, 5.41) is 0.639. The molecule has 2 N–H and O–H groups in total. The molecule has 3 nitrogen and oxygen atoms in total. The largest absolute Gasteiger partial charge is 0.389 e. The molecule has 5 heteroatoms. The van der Waals surface area contributed by atoms with E-state index in [-0.39, 0.29) is 0 Å². The minimum Gasteiger partial charge on any atom is -0.389 e. The van der Waals surface area contributed by atoms with E-state index in [4.69, 9.17) is 29.6 Å². The first-order chi connectivity index (χ1) is 8.99. The Morgan fingerprint density at radius 3 is 2.47 bits per heavy atom. The SMILES string of the molecule is CN(C)C1CCN(c2ccc(C(N)=S)c(Cl)c2)CC1. The van der Waals surface area contributed by atoms with Gasteiger partial charge in [0.05, 0.1) is 5.02 Å². The average molecular weight is 298 g/mol. The van der Waals surface area contributed by atoms with Crippen LogP contribution < -0.4 is 10.6 Å². The van der Waals surface area contributed by atoms with Gasteiger partial charge in [-0.3, -0.25) is 0 Å². The minimum absolute atomic E-state index is 0.350. The van der Waals surface area contributed by atoms with Gasteiger partial charge in [-0.25, -0.2) is 0 Å². The van der Waals surface area contributed by atoms with E-state index in [1.165, 1.54) is 12.8 Å². The molecule has 1 aliphatic rings. The van der Waals surface area contributed by atoms with Gasteiger partial charge in [0.15, 0.2) is 0 Å². The lowest BCUT2D eigenvalue weighted by Crippen LogP contribution is -2.42. The summed E-state index contributed by atoms with van der Waals surface area (Å²) in [6, 6.07) is 6.61. The van der Waals surface area contributed by atoms with Crippen LogP contribution in [0, 0.1) is 0 Å². The van der Waals surface area contributed by atoms with E-state index < -0.39 is 0 Å². The number of nitrogens with zero attached hydrogens (tertiary/aromatic N) is 2. The molecule has 1 fully saturated rings. The van der Waals surface area contributed by atoms with Gasteiger partial charge < -0.3 is 15.5 Å². The van der Waals surface area contributed by atoms with E-state index in [0.29, 0.717) is 16.1 Å². The highest BCUT2D eigenvalue weighted by atomic mass is 35.5. The second-order valence-electron chi connectivity index (χ2n) is 5.21. The van der Waals surface area contributed by atoms with Gasteiger partial charge in [-0.2, -0.15) is 0 Å². The lowest BCUT2D eigenvalue weighted by molar-refractivity contribution is 0.249. The summed E-state index contributed by atoms with van der Waals surface area (Å²) in [4.78, 5) is 5.03. The minimum atomic E-state index is 0.350. The van der Waals surface area contributed by atoms with Gasteiger partial charge in [0.2, 0.25) is 0 Å². The molecule has 1 aromatic rings. The van der Waals surface area contributed by atoms with Crippen molar-refractivity contribution in [2.75, 3.05) is 32.1 Å². The number of hydrogen-bond acceptors (Lipinski definition) is 3. The lowest BCUT2D eigenvalue weighted by atomic mass is 10.0. The highest BCUT2D eigenvalue weighted by Gasteiger charge is 2.21. The zero-order chi connectivity index (χ0) is 14.0. The monoisotopic (exact) mass is 297 g/mol. The van der Waals surface area contributed by atoms with Crippen molar-refractivity contribution in [1.82, 2.24) is 4.90 Å². The Labute approximate surface area is 125 Å². The van der Waals surface area contributed by atoms with Crippen LogP contribution in [0.1, 0.15) is 18.4 Å². The van der Waals surface area contributed by atoms with Crippen LogP contribution in [0.3, 0.4) is 0 Å². The summed E-state index contributed by atoms with van der Waals surface area (Å²) in [5.74, 6) is 0. The van der Waals surface area contributed by atoms with E-state index in [2.05, 4.69) is 30.0 Å². The number of rotatable bonds is 3. The Morgan fingerprint density at radius 2 is 2.00 bits per heavy atom. The number of anilines is 1. The maximum atomic E-state index is 6.22. The normalized spacial score (nSPS) is 16.9. The first kappa shape index (κ1) is 14.6. The number of hydrogen-bond donors (Lipinski definition) is 1. The third-order valence-electron chi connectivity index (χ3n) is 3.78. The quantitative estimate of drug-likeness (QED) is 0.869. The molecule has 0 amide bonds. The Balaban J connectivity index is 2.08. The molecule has 0 saturated carbocycles. The van der Waals surface area contributed by atoms with E-state index in [0.717, 1.165) is 24.3 Å². The second-order valence-corrected chi connectivity index (χ2v) is 6.06. The van der Waals surface area contributed by atoms with E-state index in [1.54, 1.807) is 0 Å². The van der Waals surface area contributed by atoms with Crippen LogP contribution in [-0.4, -0.2) is 43.1 Å². The third kappa shape index (κ3) is 3.38. The van der Waals surface area contributed by atoms with Crippen LogP contribution in [0.25, 0.3) is 0 Å². The molecular weight excluding hydrogens is 278 g/mol. The highest BCUT2D eigenvalue weighted by molar-refractivity contribution is 7.80. The van der Waals surface area contributed by atoms with Crippen molar-refractivity contribution in [2.24, 2.45) is 5.73 Å². The molecule has 0 spiro atoms. The maximum Gasteiger partial charge on any atom is 0.105 e. The van der Waals surface area contributed by atoms with Crippen molar-refractivity contribution >= 4 is 34.5 Å². The molecule has 1 aliphatic heterocycles. The van der Waals surface area contributed by atoms with E-state index in [1.807, 2.05) is 12.1 Å². The van der Waals surface area contributed by atoms with Gasteiger partial charge in [-0.05, 0) is 45.1 Å². The lowest BCUT2D eigenvalue weighted by Gasteiger charge is -2.36. The molecule has 0 radical (unpaired) electrons. The van der Waals surface area contributed by atoms with Gasteiger partial charge in [0.25, 0.3) is 0 Å². The van der Waals surface area contributed by atoms with Crippen LogP contribution >= 0.6 is 23.8 Å². The number of halogens is 1. The highest BCUT2D eigenvalue weighted by Crippen LogP contribution is 2.26. The first-order valence-corrected chi connectivity index (χ1v) is 7.28. The third-order valence-corrected chi connectivity index (χ3v) is 4.31. The van der Waals surface area contributed by atoms with Crippen LogP contribution in [0.5, 0.6) is 0 Å². The van der Waals surface area contributed by atoms with Gasteiger partial charge in [0.1, 0.15) is 4.99 Å². The van der Waals surface area contributed by atoms with Gasteiger partial charge >= 0.3 is 0 Å². The molecule has 0 bridgehead atoms. The fourth-order valence-electron chi connectivity index (χ4n) is 2.54. The Morgan fingerprint density at radius 1 is 1.37 bits per heavy atom. The molecule has 104 valence electrons. The predicted molar refractivity (Wildman–Crippen MR) is 86.3 cm³/mol. The molecule has 1 saturated heterocycles. The smallest absolute Gasteiger partial charge is 0.105 e. The van der Waals surface area contributed by atoms with Crippen molar-refractivity contribution < 1.29 is 0 Å². The van der Waals surface area contributed by atoms with Crippen LogP contribution in [0.15, 0.2) is 18.2 Å². The number of benzene rings is 1. The zero-order valence-electron chi connectivity index (χ0n) is 11.4. The van der Waals surface area contributed by atoms with Crippen molar-refractivity contribution in [3.63, 3.8) is 0 Å². The number of nitrogens with two attached hydrogens (primary N) is 1. The summed E-state index contributed by atoms with van der Waals surface area (Å²) >= 11 is 11.2. The Kier molecular flexibility index (Phi) is 4.66. The second kappa shape index (κ2) is 6.07. The van der Waals surface area contributed by atoms with E-state index in [9.17, 15) is 0 Å². The molecular formula is C14H20ClN3S. The summed E-state index contributed by atoms with van der Waals surface area (Å²) in [7, 11) is 4.29. The molecule has 1 aromatic carbocycles. The first-order valence-electron chi connectivity index (χ1n) is 6.50. The fraction of sp³-hybridized carbons (Fsp3) is 0.500. The molecule has 0 aromatic heterocycles. The maximum absolute atomic E-state index is 6.22. The summed E-state index contributed by atoms with van der Waals surface area (Å²) in [6.07, 6.45) is 2.36. The van der Waals surface area contributed by atoms with Gasteiger partial charge in [-0.15, -0.1) is 0 Å². The van der Waals surface area contributed by atoms with Crippen molar-refractivity contribution in [3.8, 4) is 0 Å². The summed E-state index contributed by atoms with van der Waals surface area (Å²) < 4.78 is 0. The molecule has 0 unspecified atom stereocenters. The fourth-order valence-corrected chi connectivity index (χ4v) is 3.05. The topological polar surface area (TPSA) is 32.5 Å². The van der Waals surface area contributed by atoms with Gasteiger partial charge in [0, 0.05) is 30.4 Å². The van der Waals surface area contributed by atoms with Crippen LogP contribution in [0.4, 0.5) is 5.69 Å². The van der Waals surface area contributed by atoms with Crippen molar-refractivity contribution in [2.45, 2.75) is 18.9 Å². The average Bonchev–Trinajstić information content (AvgIpc) is 2.38. The summed E-state index contributed by atoms with van der Waals surface area (Å²) in [5.41, 5.74) is 7.53. The Bertz CT molecular complexity index is 468. The van der Waals surface area contributed by atoms with E-state index >= 15 is 0 Å². The van der Waals surface area contributed by atoms with Gasteiger partial charge in [-0.1, -0.05) is 23.8 Å². The standard InChI is InChI=1S/C14H20ClN3S/c1-17(2)10-5-7-18(8-6-10)11-3-4-12(14(16)19)13(15)9-11/h3-4,9-10H,5-8H2,1-2H3,(H2,16,19). The predicted octanol–water partition coefficient (Wildman–Crippen LogP) is 2.50. The molecule has 19 heavy (non-hydrogen) atoms. The number of thiocarbonyl (C=S) groups is 1. The Hall–Kier alpha value is -0.840. The molecule has 0 aliphatic carbocycles.